The number of epoxide rings is 1. The summed E-state index contributed by atoms with van der Waals surface area (Å²) in [6, 6.07) is 20.1. The highest BCUT2D eigenvalue weighted by atomic mass is 16.6. The van der Waals surface area contributed by atoms with Gasteiger partial charge in [-0.15, -0.1) is 0 Å². The van der Waals surface area contributed by atoms with E-state index in [1.54, 1.807) is 7.11 Å². The van der Waals surface area contributed by atoms with Crippen molar-refractivity contribution in [2.45, 2.75) is 31.2 Å². The largest absolute Gasteiger partial charge is 0.530 e. The van der Waals surface area contributed by atoms with Crippen molar-refractivity contribution in [1.29, 1.82) is 0 Å². The fourth-order valence-corrected chi connectivity index (χ4v) is 4.64. The Kier molecular flexibility index (Phi) is 6.56. The third-order valence-corrected chi connectivity index (χ3v) is 6.58. The maximum Gasteiger partial charge on any atom is 0.137 e. The van der Waals surface area contributed by atoms with Crippen molar-refractivity contribution in [1.82, 2.24) is 4.90 Å². The number of carbonyl (C=O) groups is 1. The van der Waals surface area contributed by atoms with Crippen LogP contribution < -0.4 is 14.6 Å². The molecule has 7 heteroatoms. The molecule has 2 aliphatic heterocycles. The summed E-state index contributed by atoms with van der Waals surface area (Å²) in [6.07, 6.45) is -0.613. The van der Waals surface area contributed by atoms with Gasteiger partial charge in [0.15, 0.2) is 0 Å². The van der Waals surface area contributed by atoms with Crippen molar-refractivity contribution < 1.29 is 28.8 Å². The van der Waals surface area contributed by atoms with E-state index in [0.717, 1.165) is 40.0 Å². The van der Waals surface area contributed by atoms with Crippen LogP contribution in [0.15, 0.2) is 60.7 Å². The summed E-state index contributed by atoms with van der Waals surface area (Å²) in [5.41, 5.74) is 2.03. The Labute approximate surface area is 198 Å². The molecule has 3 aromatic rings. The Morgan fingerprint density at radius 2 is 1.91 bits per heavy atom. The zero-order valence-corrected chi connectivity index (χ0v) is 19.1. The van der Waals surface area contributed by atoms with E-state index in [1.165, 1.54) is 4.90 Å². The number of benzene rings is 3. The molecule has 178 valence electrons. The molecule has 0 spiro atoms. The predicted octanol–water partition coefficient (Wildman–Crippen LogP) is 3.34. The van der Waals surface area contributed by atoms with Crippen molar-refractivity contribution >= 4 is 16.9 Å². The molecule has 0 aliphatic carbocycles. The molecule has 3 unspecified atom stereocenters. The SMILES string of the molecule is COc1c(COC2CN(C(=O)[O-])CCC2c2ccc(OCC3CO3)cc2)ccc2ccccc12. The van der Waals surface area contributed by atoms with Gasteiger partial charge in [-0.3, -0.25) is 0 Å². The molecule has 34 heavy (non-hydrogen) atoms. The maximum absolute atomic E-state index is 11.6. The van der Waals surface area contributed by atoms with Crippen LogP contribution in [0.1, 0.15) is 23.5 Å². The van der Waals surface area contributed by atoms with Gasteiger partial charge in [-0.2, -0.15) is 0 Å². The molecule has 0 radical (unpaired) electrons. The minimum atomic E-state index is -1.17. The molecule has 2 aliphatic rings. The number of hydrogen-bond acceptors (Lipinski definition) is 6. The van der Waals surface area contributed by atoms with Gasteiger partial charge < -0.3 is 33.7 Å². The molecule has 0 aromatic heterocycles. The van der Waals surface area contributed by atoms with Crippen LogP contribution in [-0.2, 0) is 16.1 Å². The number of piperidine rings is 1. The first-order chi connectivity index (χ1) is 16.6. The summed E-state index contributed by atoms with van der Waals surface area (Å²) >= 11 is 0. The van der Waals surface area contributed by atoms with Crippen LogP contribution in [0.2, 0.25) is 0 Å². The molecule has 0 saturated carbocycles. The van der Waals surface area contributed by atoms with E-state index in [2.05, 4.69) is 0 Å². The molecule has 5 rings (SSSR count). The van der Waals surface area contributed by atoms with Crippen molar-refractivity contribution in [3.05, 3.63) is 71.8 Å². The maximum atomic E-state index is 11.6. The van der Waals surface area contributed by atoms with Crippen LogP contribution in [0.25, 0.3) is 10.8 Å². The van der Waals surface area contributed by atoms with Gasteiger partial charge in [0.05, 0.1) is 26.4 Å². The molecular weight excluding hydrogens is 434 g/mol. The van der Waals surface area contributed by atoms with Gasteiger partial charge in [0.25, 0.3) is 0 Å². The fraction of sp³-hybridized carbons (Fsp3) is 0.370. The van der Waals surface area contributed by atoms with Crippen LogP contribution in [-0.4, -0.2) is 56.6 Å². The monoisotopic (exact) mass is 462 g/mol. The first-order valence-electron chi connectivity index (χ1n) is 11.6. The number of methoxy groups -OCH3 is 1. The Morgan fingerprint density at radius 3 is 2.65 bits per heavy atom. The third-order valence-electron chi connectivity index (χ3n) is 6.58. The normalized spacial score (nSPS) is 21.9. The number of amides is 1. The number of carboxylic acid groups (broad SMARTS) is 1. The van der Waals surface area contributed by atoms with Gasteiger partial charge in [-0.25, -0.2) is 0 Å². The van der Waals surface area contributed by atoms with Gasteiger partial charge in [-0.05, 0) is 29.5 Å². The molecule has 2 saturated heterocycles. The number of rotatable bonds is 8. The van der Waals surface area contributed by atoms with Gasteiger partial charge in [0.1, 0.15) is 30.3 Å². The highest BCUT2D eigenvalue weighted by molar-refractivity contribution is 5.89. The van der Waals surface area contributed by atoms with Crippen LogP contribution in [0, 0.1) is 0 Å². The highest BCUT2D eigenvalue weighted by Crippen LogP contribution is 2.34. The summed E-state index contributed by atoms with van der Waals surface area (Å²) in [7, 11) is 1.66. The summed E-state index contributed by atoms with van der Waals surface area (Å²) in [5.74, 6) is 1.64. The lowest BCUT2D eigenvalue weighted by molar-refractivity contribution is -0.268. The second-order valence-corrected chi connectivity index (χ2v) is 8.77. The lowest BCUT2D eigenvalue weighted by atomic mass is 9.87. The summed E-state index contributed by atoms with van der Waals surface area (Å²) in [5, 5.41) is 13.7. The Morgan fingerprint density at radius 1 is 1.12 bits per heavy atom. The average Bonchev–Trinajstić information content (AvgIpc) is 3.70. The minimum Gasteiger partial charge on any atom is -0.530 e. The molecule has 2 fully saturated rings. The minimum absolute atomic E-state index is 0.0582. The van der Waals surface area contributed by atoms with Gasteiger partial charge >= 0.3 is 0 Å². The molecule has 2 heterocycles. The summed E-state index contributed by atoms with van der Waals surface area (Å²) in [4.78, 5) is 12.9. The molecule has 7 nitrogen and oxygen atoms in total. The number of carbonyl (C=O) groups excluding carboxylic acids is 1. The molecule has 3 atom stereocenters. The lowest BCUT2D eigenvalue weighted by Crippen LogP contribution is -2.51. The standard InChI is InChI=1S/C27H29NO6/c1-31-26-20(7-6-18-4-2-3-5-24(18)26)15-34-25-14-28(27(29)30)13-12-23(25)19-8-10-21(11-9-19)32-16-22-17-33-22/h2-11,22-23,25H,12-17H2,1H3,(H,29,30)/p-1. The van der Waals surface area contributed by atoms with Gasteiger partial charge in [-0.1, -0.05) is 48.5 Å². The van der Waals surface area contributed by atoms with Crippen molar-refractivity contribution in [2.24, 2.45) is 0 Å². The van der Waals surface area contributed by atoms with Crippen LogP contribution >= 0.6 is 0 Å². The number of likely N-dealkylation sites (tertiary alicyclic amines) is 1. The Hall–Kier alpha value is -3.29. The molecule has 0 bridgehead atoms. The topological polar surface area (TPSA) is 83.6 Å². The van der Waals surface area contributed by atoms with Gasteiger partial charge in [0.2, 0.25) is 0 Å². The van der Waals surface area contributed by atoms with E-state index in [-0.39, 0.29) is 24.7 Å². The molecule has 1 amide bonds. The smallest absolute Gasteiger partial charge is 0.137 e. The number of hydrogen-bond donors (Lipinski definition) is 0. The van der Waals surface area contributed by atoms with E-state index in [4.69, 9.17) is 18.9 Å². The molecule has 3 aromatic carbocycles. The third kappa shape index (κ3) is 4.95. The number of nitrogens with zero attached hydrogens (tertiary/aromatic N) is 1. The average molecular weight is 463 g/mol. The quantitative estimate of drug-likeness (QED) is 0.478. The number of fused-ring (bicyclic) bond motifs is 1. The highest BCUT2D eigenvalue weighted by Gasteiger charge is 2.32. The fourth-order valence-electron chi connectivity index (χ4n) is 4.64. The lowest BCUT2D eigenvalue weighted by Gasteiger charge is -2.40. The van der Waals surface area contributed by atoms with E-state index in [1.807, 2.05) is 60.7 Å². The van der Waals surface area contributed by atoms with E-state index in [9.17, 15) is 9.90 Å². The van der Waals surface area contributed by atoms with Crippen LogP contribution in [0.4, 0.5) is 4.79 Å². The van der Waals surface area contributed by atoms with Crippen LogP contribution in [0.3, 0.4) is 0 Å². The second-order valence-electron chi connectivity index (χ2n) is 8.77. The van der Waals surface area contributed by atoms with E-state index < -0.39 is 6.09 Å². The van der Waals surface area contributed by atoms with Crippen molar-refractivity contribution in [2.75, 3.05) is 33.4 Å². The Bertz CT molecular complexity index is 1140. The number of ether oxygens (including phenoxy) is 4. The predicted molar refractivity (Wildman–Crippen MR) is 125 cm³/mol. The van der Waals surface area contributed by atoms with Crippen molar-refractivity contribution in [3.8, 4) is 11.5 Å². The summed E-state index contributed by atoms with van der Waals surface area (Å²) in [6.45, 7) is 2.32. The first-order valence-corrected chi connectivity index (χ1v) is 11.6. The zero-order chi connectivity index (χ0) is 23.5. The molecular formula is C27H28NO6-. The van der Waals surface area contributed by atoms with E-state index >= 15 is 0 Å². The second kappa shape index (κ2) is 9.91. The zero-order valence-electron chi connectivity index (χ0n) is 19.1. The van der Waals surface area contributed by atoms with E-state index in [0.29, 0.717) is 26.2 Å². The first kappa shape index (κ1) is 22.5. The Balaban J connectivity index is 1.33. The summed E-state index contributed by atoms with van der Waals surface area (Å²) < 4.78 is 23.0. The van der Waals surface area contributed by atoms with Crippen molar-refractivity contribution in [3.63, 3.8) is 0 Å². The van der Waals surface area contributed by atoms with Gasteiger partial charge in [0, 0.05) is 30.0 Å². The van der Waals surface area contributed by atoms with Crippen LogP contribution in [0.5, 0.6) is 11.5 Å². The molecule has 0 N–H and O–H groups in total.